The van der Waals surface area contributed by atoms with Crippen molar-refractivity contribution in [3.8, 4) is 0 Å². The predicted molar refractivity (Wildman–Crippen MR) is 92.2 cm³/mol. The summed E-state index contributed by atoms with van der Waals surface area (Å²) < 4.78 is 7.77. The van der Waals surface area contributed by atoms with Crippen LogP contribution >= 0.6 is 11.9 Å². The van der Waals surface area contributed by atoms with Crippen molar-refractivity contribution in [3.05, 3.63) is 41.7 Å². The van der Waals surface area contributed by atoms with Crippen LogP contribution in [-0.4, -0.2) is 41.3 Å². The molecule has 0 saturated carbocycles. The molecule has 23 heavy (non-hydrogen) atoms. The maximum Gasteiger partial charge on any atom is 0.223 e. The predicted octanol–water partition coefficient (Wildman–Crippen LogP) is 3.69. The second kappa shape index (κ2) is 6.06. The molecule has 0 radical (unpaired) electrons. The molecule has 2 aliphatic heterocycles. The minimum Gasteiger partial charge on any atom is -0.464 e. The van der Waals surface area contributed by atoms with Gasteiger partial charge in [-0.25, -0.2) is 4.31 Å². The maximum atomic E-state index is 12.0. The zero-order valence-electron chi connectivity index (χ0n) is 13.2. The van der Waals surface area contributed by atoms with E-state index in [4.69, 9.17) is 4.42 Å². The first-order chi connectivity index (χ1) is 11.2. The van der Waals surface area contributed by atoms with E-state index < -0.39 is 0 Å². The van der Waals surface area contributed by atoms with Crippen LogP contribution in [0, 0.1) is 0 Å². The highest BCUT2D eigenvalue weighted by atomic mass is 32.2. The molecule has 4 rings (SSSR count). The van der Waals surface area contributed by atoms with Crippen molar-refractivity contribution in [1.82, 2.24) is 9.21 Å². The van der Waals surface area contributed by atoms with Crippen molar-refractivity contribution >= 4 is 28.8 Å². The molecule has 0 bridgehead atoms. The second-order valence-electron chi connectivity index (χ2n) is 6.22. The monoisotopic (exact) mass is 328 g/mol. The highest BCUT2D eigenvalue weighted by Crippen LogP contribution is 2.34. The van der Waals surface area contributed by atoms with Crippen molar-refractivity contribution in [3.63, 3.8) is 0 Å². The quantitative estimate of drug-likeness (QED) is 0.633. The molecular formula is C18H20N2O2S. The highest BCUT2D eigenvalue weighted by Gasteiger charge is 2.32. The van der Waals surface area contributed by atoms with Crippen LogP contribution in [-0.2, 0) is 4.79 Å². The summed E-state index contributed by atoms with van der Waals surface area (Å²) in [5.74, 6) is 0.298. The molecule has 0 unspecified atom stereocenters. The van der Waals surface area contributed by atoms with Crippen LogP contribution < -0.4 is 0 Å². The van der Waals surface area contributed by atoms with Gasteiger partial charge in [-0.3, -0.25) is 4.79 Å². The summed E-state index contributed by atoms with van der Waals surface area (Å²) in [4.78, 5) is 15.3. The molecule has 0 spiro atoms. The van der Waals surface area contributed by atoms with E-state index in [-0.39, 0.29) is 0 Å². The number of amides is 1. The number of furan rings is 1. The maximum absolute atomic E-state index is 12.0. The van der Waals surface area contributed by atoms with Gasteiger partial charge in [0, 0.05) is 42.9 Å². The number of carbonyl (C=O) groups excluding carboxylic acids is 1. The Hall–Kier alpha value is -1.72. The summed E-state index contributed by atoms with van der Waals surface area (Å²) in [6.45, 7) is 5.63. The van der Waals surface area contributed by atoms with E-state index in [2.05, 4.69) is 23.4 Å². The Morgan fingerprint density at radius 2 is 1.96 bits per heavy atom. The van der Waals surface area contributed by atoms with Gasteiger partial charge in [-0.15, -0.1) is 0 Å². The number of hydrogen-bond donors (Lipinski definition) is 0. The summed E-state index contributed by atoms with van der Waals surface area (Å²) in [6, 6.07) is 8.31. The van der Waals surface area contributed by atoms with Gasteiger partial charge in [-0.2, -0.15) is 0 Å². The normalized spacial score (nSPS) is 18.2. The van der Waals surface area contributed by atoms with Crippen LogP contribution in [0.3, 0.4) is 0 Å². The van der Waals surface area contributed by atoms with Gasteiger partial charge in [-0.1, -0.05) is 6.92 Å². The van der Waals surface area contributed by atoms with Gasteiger partial charge < -0.3 is 9.32 Å². The lowest BCUT2D eigenvalue weighted by molar-refractivity contribution is -0.130. The third-order valence-corrected chi connectivity index (χ3v) is 5.45. The third-order valence-electron chi connectivity index (χ3n) is 4.47. The van der Waals surface area contributed by atoms with E-state index in [1.807, 2.05) is 17.0 Å². The van der Waals surface area contributed by atoms with Crippen LogP contribution in [0.25, 0.3) is 11.0 Å². The van der Waals surface area contributed by atoms with Crippen molar-refractivity contribution in [1.29, 1.82) is 0 Å². The number of rotatable bonds is 4. The Balaban J connectivity index is 1.37. The van der Waals surface area contributed by atoms with Gasteiger partial charge in [0.05, 0.1) is 6.26 Å². The summed E-state index contributed by atoms with van der Waals surface area (Å²) in [5.41, 5.74) is 3.80. The topological polar surface area (TPSA) is 36.7 Å². The van der Waals surface area contributed by atoms with Crippen LogP contribution in [0.1, 0.15) is 19.8 Å². The Morgan fingerprint density at radius 1 is 1.17 bits per heavy atom. The Morgan fingerprint density at radius 3 is 2.70 bits per heavy atom. The van der Waals surface area contributed by atoms with Gasteiger partial charge >= 0.3 is 0 Å². The summed E-state index contributed by atoms with van der Waals surface area (Å²) in [7, 11) is 0. The minimum absolute atomic E-state index is 0.298. The van der Waals surface area contributed by atoms with E-state index in [1.165, 1.54) is 16.0 Å². The number of hydrogen-bond acceptors (Lipinski definition) is 4. The third kappa shape index (κ3) is 2.91. The fraction of sp³-hybridized carbons (Fsp3) is 0.389. The number of nitrogens with zero attached hydrogens (tertiary/aromatic N) is 2. The first-order valence-electron chi connectivity index (χ1n) is 8.10. The van der Waals surface area contributed by atoms with Crippen molar-refractivity contribution in [2.24, 2.45) is 0 Å². The van der Waals surface area contributed by atoms with Gasteiger partial charge in [0.1, 0.15) is 5.58 Å². The van der Waals surface area contributed by atoms with Crippen LogP contribution in [0.4, 0.5) is 0 Å². The molecule has 0 fully saturated rings. The van der Waals surface area contributed by atoms with E-state index in [9.17, 15) is 4.79 Å². The molecule has 2 aromatic rings. The summed E-state index contributed by atoms with van der Waals surface area (Å²) in [6.07, 6.45) is 3.33. The van der Waals surface area contributed by atoms with Crippen molar-refractivity contribution in [2.75, 3.05) is 26.2 Å². The first kappa shape index (κ1) is 14.8. The fourth-order valence-electron chi connectivity index (χ4n) is 3.31. The molecule has 4 nitrogen and oxygen atoms in total. The summed E-state index contributed by atoms with van der Waals surface area (Å²) >= 11 is 1.79. The van der Waals surface area contributed by atoms with Gasteiger partial charge in [0.15, 0.2) is 0 Å². The molecule has 0 aliphatic carbocycles. The van der Waals surface area contributed by atoms with Crippen molar-refractivity contribution in [2.45, 2.75) is 24.7 Å². The molecule has 5 heteroatoms. The van der Waals surface area contributed by atoms with Crippen LogP contribution in [0.15, 0.2) is 51.0 Å². The Labute approximate surface area is 140 Å². The van der Waals surface area contributed by atoms with E-state index >= 15 is 0 Å². The average molecular weight is 328 g/mol. The SMILES string of the molecule is CCCC(=O)N1CC2=C(CN(Sc3ccc4occc4c3)C2)C1. The zero-order valence-corrected chi connectivity index (χ0v) is 14.1. The highest BCUT2D eigenvalue weighted by molar-refractivity contribution is 7.97. The number of carbonyl (C=O) groups is 1. The summed E-state index contributed by atoms with van der Waals surface area (Å²) in [5, 5.41) is 1.14. The molecular weight excluding hydrogens is 308 g/mol. The van der Waals surface area contributed by atoms with Gasteiger partial charge in [0.25, 0.3) is 0 Å². The number of benzene rings is 1. The lowest BCUT2D eigenvalue weighted by Gasteiger charge is -2.22. The Kier molecular flexibility index (Phi) is 3.91. The average Bonchev–Trinajstić information content (AvgIpc) is 3.20. The molecule has 1 aromatic heterocycles. The van der Waals surface area contributed by atoms with Gasteiger partial charge in [-0.05, 0) is 53.8 Å². The standard InChI is InChI=1S/C18H20N2O2S/c1-2-3-18(21)19-9-14-11-20(12-15(14)10-19)23-16-4-5-17-13(8-16)6-7-22-17/h4-8H,2-3,9-12H2,1H3. The molecule has 1 amide bonds. The van der Waals surface area contributed by atoms with Crippen LogP contribution in [0.2, 0.25) is 0 Å². The van der Waals surface area contributed by atoms with E-state index in [0.29, 0.717) is 12.3 Å². The van der Waals surface area contributed by atoms with E-state index in [0.717, 1.165) is 43.6 Å². The smallest absolute Gasteiger partial charge is 0.223 e. The molecule has 0 atom stereocenters. The minimum atomic E-state index is 0.298. The molecule has 0 N–H and O–H groups in total. The molecule has 120 valence electrons. The molecule has 3 heterocycles. The lowest BCUT2D eigenvalue weighted by atomic mass is 10.2. The first-order valence-corrected chi connectivity index (χ1v) is 8.88. The molecule has 1 aromatic carbocycles. The second-order valence-corrected chi connectivity index (χ2v) is 7.39. The van der Waals surface area contributed by atoms with E-state index in [1.54, 1.807) is 18.2 Å². The Bertz CT molecular complexity index is 762. The molecule has 2 aliphatic rings. The van der Waals surface area contributed by atoms with Crippen LogP contribution in [0.5, 0.6) is 0 Å². The van der Waals surface area contributed by atoms with Gasteiger partial charge in [0.2, 0.25) is 5.91 Å². The fourth-order valence-corrected chi connectivity index (χ4v) is 4.36. The molecule has 0 saturated heterocycles. The largest absolute Gasteiger partial charge is 0.464 e. The number of fused-ring (bicyclic) bond motifs is 1. The van der Waals surface area contributed by atoms with Crippen molar-refractivity contribution < 1.29 is 9.21 Å². The zero-order chi connectivity index (χ0) is 15.8. The lowest BCUT2D eigenvalue weighted by Crippen LogP contribution is -2.32.